The van der Waals surface area contributed by atoms with Crippen LogP contribution in [0.3, 0.4) is 0 Å². The Bertz CT molecular complexity index is 336. The van der Waals surface area contributed by atoms with Gasteiger partial charge in [-0.1, -0.05) is 6.07 Å². The molecule has 1 heterocycles. The summed E-state index contributed by atoms with van der Waals surface area (Å²) in [6, 6.07) is 2.07. The van der Waals surface area contributed by atoms with E-state index in [4.69, 9.17) is 16.6 Å². The molecule has 0 fully saturated rings. The third-order valence-corrected chi connectivity index (χ3v) is 2.76. The highest BCUT2D eigenvalue weighted by atomic mass is 32.1. The van der Waals surface area contributed by atoms with E-state index in [9.17, 15) is 9.59 Å². The standard InChI is InChI=1S/C8H10N2O3S/c9-6(8(12)13)5(7(10)11)4-2-1-3-14-4/h1-3,5-6H,9H2,(H2,10,11)(H,12,13)/t5?,6-/m0/s1. The van der Waals surface area contributed by atoms with Crippen molar-refractivity contribution >= 4 is 23.2 Å². The van der Waals surface area contributed by atoms with E-state index in [1.165, 1.54) is 11.3 Å². The number of primary amides is 1. The van der Waals surface area contributed by atoms with Gasteiger partial charge in [-0.25, -0.2) is 0 Å². The maximum absolute atomic E-state index is 11.0. The molecule has 1 rings (SSSR count). The van der Waals surface area contributed by atoms with Crippen molar-refractivity contribution in [2.75, 3.05) is 0 Å². The van der Waals surface area contributed by atoms with E-state index in [0.717, 1.165) is 0 Å². The van der Waals surface area contributed by atoms with Crippen molar-refractivity contribution in [1.82, 2.24) is 0 Å². The van der Waals surface area contributed by atoms with Gasteiger partial charge in [0.1, 0.15) is 6.04 Å². The number of hydrogen-bond acceptors (Lipinski definition) is 4. The number of carboxylic acid groups (broad SMARTS) is 1. The van der Waals surface area contributed by atoms with Gasteiger partial charge in [-0.2, -0.15) is 0 Å². The lowest BCUT2D eigenvalue weighted by molar-refractivity contribution is -0.140. The molecule has 6 heteroatoms. The van der Waals surface area contributed by atoms with Gasteiger partial charge >= 0.3 is 5.97 Å². The first kappa shape index (κ1) is 10.7. The Labute approximate surface area is 84.3 Å². The van der Waals surface area contributed by atoms with Crippen LogP contribution in [-0.4, -0.2) is 23.0 Å². The van der Waals surface area contributed by atoms with Gasteiger partial charge < -0.3 is 16.6 Å². The van der Waals surface area contributed by atoms with Crippen molar-refractivity contribution in [3.05, 3.63) is 22.4 Å². The molecule has 5 N–H and O–H groups in total. The minimum Gasteiger partial charge on any atom is -0.480 e. The molecule has 14 heavy (non-hydrogen) atoms. The molecule has 0 aliphatic carbocycles. The number of nitrogens with two attached hydrogens (primary N) is 2. The fraction of sp³-hybridized carbons (Fsp3) is 0.250. The van der Waals surface area contributed by atoms with Crippen LogP contribution in [0.15, 0.2) is 17.5 Å². The summed E-state index contributed by atoms with van der Waals surface area (Å²) in [5, 5.41) is 10.4. The van der Waals surface area contributed by atoms with E-state index in [1.54, 1.807) is 17.5 Å². The molecule has 0 saturated heterocycles. The van der Waals surface area contributed by atoms with E-state index in [1.807, 2.05) is 0 Å². The average Bonchev–Trinajstić information content (AvgIpc) is 2.56. The molecule has 0 aliphatic rings. The smallest absolute Gasteiger partial charge is 0.321 e. The first-order chi connectivity index (χ1) is 6.54. The first-order valence-corrected chi connectivity index (χ1v) is 4.73. The van der Waals surface area contributed by atoms with E-state index < -0.39 is 23.8 Å². The van der Waals surface area contributed by atoms with Crippen LogP contribution in [0.25, 0.3) is 0 Å². The summed E-state index contributed by atoms with van der Waals surface area (Å²) in [5.74, 6) is -2.91. The zero-order valence-corrected chi connectivity index (χ0v) is 8.03. The van der Waals surface area contributed by atoms with Crippen LogP contribution in [-0.2, 0) is 9.59 Å². The van der Waals surface area contributed by atoms with Crippen molar-refractivity contribution < 1.29 is 14.7 Å². The summed E-state index contributed by atoms with van der Waals surface area (Å²) in [6.45, 7) is 0. The average molecular weight is 214 g/mol. The van der Waals surface area contributed by atoms with Crippen LogP contribution >= 0.6 is 11.3 Å². The molecule has 76 valence electrons. The largest absolute Gasteiger partial charge is 0.480 e. The monoisotopic (exact) mass is 214 g/mol. The van der Waals surface area contributed by atoms with Gasteiger partial charge in [-0.3, -0.25) is 9.59 Å². The quantitative estimate of drug-likeness (QED) is 0.641. The van der Waals surface area contributed by atoms with E-state index >= 15 is 0 Å². The number of carbonyl (C=O) groups excluding carboxylic acids is 1. The SMILES string of the molecule is NC(=O)C(c1cccs1)[C@H](N)C(=O)O. The topological polar surface area (TPSA) is 106 Å². The molecule has 1 unspecified atom stereocenters. The maximum Gasteiger partial charge on any atom is 0.321 e. The van der Waals surface area contributed by atoms with Gasteiger partial charge in [-0.05, 0) is 11.4 Å². The van der Waals surface area contributed by atoms with Gasteiger partial charge in [-0.15, -0.1) is 11.3 Å². The third-order valence-electron chi connectivity index (χ3n) is 1.80. The van der Waals surface area contributed by atoms with E-state index in [-0.39, 0.29) is 0 Å². The second-order valence-electron chi connectivity index (χ2n) is 2.76. The molecule has 0 radical (unpaired) electrons. The number of carboxylic acids is 1. The van der Waals surface area contributed by atoms with Gasteiger partial charge in [0.15, 0.2) is 0 Å². The number of hydrogen-bond donors (Lipinski definition) is 3. The van der Waals surface area contributed by atoms with Crippen LogP contribution in [0.2, 0.25) is 0 Å². The predicted molar refractivity (Wildman–Crippen MR) is 51.9 cm³/mol. The fourth-order valence-electron chi connectivity index (χ4n) is 1.10. The molecule has 0 bridgehead atoms. The van der Waals surface area contributed by atoms with Crippen molar-refractivity contribution in [3.63, 3.8) is 0 Å². The van der Waals surface area contributed by atoms with E-state index in [0.29, 0.717) is 4.88 Å². The van der Waals surface area contributed by atoms with Crippen molar-refractivity contribution in [3.8, 4) is 0 Å². The zero-order valence-electron chi connectivity index (χ0n) is 7.21. The van der Waals surface area contributed by atoms with Gasteiger partial charge in [0, 0.05) is 4.88 Å². The fourth-order valence-corrected chi connectivity index (χ4v) is 1.99. The van der Waals surface area contributed by atoms with Crippen LogP contribution < -0.4 is 11.5 Å². The minimum absolute atomic E-state index is 0.576. The van der Waals surface area contributed by atoms with Crippen LogP contribution in [0.1, 0.15) is 10.8 Å². The summed E-state index contributed by atoms with van der Waals surface area (Å²) < 4.78 is 0. The Balaban J connectivity index is 2.97. The Hall–Kier alpha value is -1.40. The number of thiophene rings is 1. The van der Waals surface area contributed by atoms with E-state index in [2.05, 4.69) is 0 Å². The second kappa shape index (κ2) is 4.21. The number of amides is 1. The van der Waals surface area contributed by atoms with Gasteiger partial charge in [0.05, 0.1) is 5.92 Å². The molecular formula is C8H10N2O3S. The van der Waals surface area contributed by atoms with Crippen molar-refractivity contribution in [1.29, 1.82) is 0 Å². The number of aliphatic carboxylic acids is 1. The normalized spacial score (nSPS) is 14.6. The Kier molecular flexibility index (Phi) is 3.21. The van der Waals surface area contributed by atoms with Crippen molar-refractivity contribution in [2.45, 2.75) is 12.0 Å². The lowest BCUT2D eigenvalue weighted by Crippen LogP contribution is -2.42. The minimum atomic E-state index is -1.29. The highest BCUT2D eigenvalue weighted by molar-refractivity contribution is 7.10. The lowest BCUT2D eigenvalue weighted by atomic mass is 9.98. The van der Waals surface area contributed by atoms with Crippen LogP contribution in [0.5, 0.6) is 0 Å². The molecule has 1 aromatic heterocycles. The molecular weight excluding hydrogens is 204 g/mol. The second-order valence-corrected chi connectivity index (χ2v) is 3.74. The summed E-state index contributed by atoms with van der Waals surface area (Å²) in [5.41, 5.74) is 10.5. The third kappa shape index (κ3) is 2.09. The Morgan fingerprint density at radius 2 is 2.14 bits per heavy atom. The van der Waals surface area contributed by atoms with Crippen LogP contribution in [0, 0.1) is 0 Å². The highest BCUT2D eigenvalue weighted by Gasteiger charge is 2.31. The first-order valence-electron chi connectivity index (χ1n) is 3.85. The van der Waals surface area contributed by atoms with Crippen molar-refractivity contribution in [2.24, 2.45) is 11.5 Å². The molecule has 5 nitrogen and oxygen atoms in total. The number of carbonyl (C=O) groups is 2. The van der Waals surface area contributed by atoms with Crippen LogP contribution in [0.4, 0.5) is 0 Å². The summed E-state index contributed by atoms with van der Waals surface area (Å²) in [4.78, 5) is 22.2. The Morgan fingerprint density at radius 1 is 1.50 bits per heavy atom. The highest BCUT2D eigenvalue weighted by Crippen LogP contribution is 2.23. The molecule has 0 spiro atoms. The molecule has 1 aromatic rings. The number of rotatable bonds is 4. The Morgan fingerprint density at radius 3 is 2.50 bits per heavy atom. The zero-order chi connectivity index (χ0) is 10.7. The van der Waals surface area contributed by atoms with Gasteiger partial charge in [0.25, 0.3) is 0 Å². The molecule has 0 aromatic carbocycles. The molecule has 1 amide bonds. The summed E-state index contributed by atoms with van der Waals surface area (Å²) >= 11 is 1.26. The molecule has 2 atom stereocenters. The summed E-state index contributed by atoms with van der Waals surface area (Å²) in [6.07, 6.45) is 0. The molecule has 0 aliphatic heterocycles. The molecule has 0 saturated carbocycles. The lowest BCUT2D eigenvalue weighted by Gasteiger charge is -2.15. The predicted octanol–water partition coefficient (Wildman–Crippen LogP) is -0.271. The van der Waals surface area contributed by atoms with Gasteiger partial charge in [0.2, 0.25) is 5.91 Å². The summed E-state index contributed by atoms with van der Waals surface area (Å²) in [7, 11) is 0. The maximum atomic E-state index is 11.0.